The first-order valence-corrected chi connectivity index (χ1v) is 9.99. The number of fused-ring (bicyclic) bond motifs is 1. The van der Waals surface area contributed by atoms with E-state index >= 15 is 0 Å². The van der Waals surface area contributed by atoms with Crippen LogP contribution in [0.4, 0.5) is 4.79 Å². The van der Waals surface area contributed by atoms with Gasteiger partial charge >= 0.3 is 6.09 Å². The molecule has 1 aromatic carbocycles. The topological polar surface area (TPSA) is 96.4 Å². The number of allylic oxidation sites excluding steroid dienone is 3. The molecule has 1 fully saturated rings. The Morgan fingerprint density at radius 2 is 1.90 bits per heavy atom. The van der Waals surface area contributed by atoms with Gasteiger partial charge in [0, 0.05) is 18.1 Å². The van der Waals surface area contributed by atoms with Crippen LogP contribution in [-0.4, -0.2) is 64.9 Å². The molecule has 30 heavy (non-hydrogen) atoms. The molecular weight excluding hydrogens is 412 g/mol. The predicted molar refractivity (Wildman–Crippen MR) is 107 cm³/mol. The van der Waals surface area contributed by atoms with Gasteiger partial charge in [0.15, 0.2) is 0 Å². The summed E-state index contributed by atoms with van der Waals surface area (Å²) >= 11 is 6.04. The van der Waals surface area contributed by atoms with E-state index < -0.39 is 30.1 Å². The van der Waals surface area contributed by atoms with Crippen molar-refractivity contribution in [3.05, 3.63) is 58.7 Å². The quantitative estimate of drug-likeness (QED) is 0.718. The number of methoxy groups -OCH3 is 1. The van der Waals surface area contributed by atoms with Crippen molar-refractivity contribution in [1.29, 1.82) is 0 Å². The fraction of sp³-hybridized carbons (Fsp3) is 0.381. The van der Waals surface area contributed by atoms with Crippen LogP contribution >= 0.6 is 11.6 Å². The summed E-state index contributed by atoms with van der Waals surface area (Å²) in [5, 5.41) is 11.0. The maximum absolute atomic E-state index is 12.8. The Kier molecular flexibility index (Phi) is 5.64. The summed E-state index contributed by atoms with van der Waals surface area (Å²) in [6.45, 7) is 0.186. The lowest BCUT2D eigenvalue weighted by Gasteiger charge is -2.35. The average Bonchev–Trinajstić information content (AvgIpc) is 3.28. The second-order valence-electron chi connectivity index (χ2n) is 7.46. The number of halogens is 1. The molecule has 0 spiro atoms. The summed E-state index contributed by atoms with van der Waals surface area (Å²) in [6, 6.07) is 5.88. The van der Waals surface area contributed by atoms with E-state index in [9.17, 15) is 19.5 Å². The fourth-order valence-corrected chi connectivity index (χ4v) is 4.36. The van der Waals surface area contributed by atoms with Gasteiger partial charge in [0.1, 0.15) is 6.10 Å². The number of carboxylic acid groups (broad SMARTS) is 1. The zero-order valence-corrected chi connectivity index (χ0v) is 17.0. The van der Waals surface area contributed by atoms with Crippen LogP contribution in [0.2, 0.25) is 0 Å². The molecule has 4 rings (SSSR count). The maximum atomic E-state index is 12.8. The zero-order valence-electron chi connectivity index (χ0n) is 16.2. The van der Waals surface area contributed by atoms with Crippen molar-refractivity contribution in [2.45, 2.75) is 31.1 Å². The molecule has 2 aliphatic heterocycles. The normalized spacial score (nSPS) is 26.7. The average molecular weight is 433 g/mol. The van der Waals surface area contributed by atoms with Gasteiger partial charge in [0.2, 0.25) is 0 Å². The monoisotopic (exact) mass is 432 g/mol. The molecule has 9 heteroatoms. The van der Waals surface area contributed by atoms with Crippen LogP contribution < -0.4 is 0 Å². The molecule has 4 unspecified atom stereocenters. The van der Waals surface area contributed by atoms with Gasteiger partial charge in [0.25, 0.3) is 11.8 Å². The number of carbonyl (C=O) groups is 3. The molecule has 0 aromatic heterocycles. The van der Waals surface area contributed by atoms with E-state index in [1.54, 1.807) is 36.4 Å². The van der Waals surface area contributed by atoms with E-state index in [2.05, 4.69) is 0 Å². The van der Waals surface area contributed by atoms with E-state index in [1.807, 2.05) is 6.08 Å². The van der Waals surface area contributed by atoms with Crippen LogP contribution in [-0.2, 0) is 9.57 Å². The third-order valence-electron chi connectivity index (χ3n) is 5.76. The maximum Gasteiger partial charge on any atom is 0.407 e. The third kappa shape index (κ3) is 3.62. The number of benzene rings is 1. The zero-order chi connectivity index (χ0) is 21.4. The molecular formula is C21H21ClN2O6. The number of rotatable bonds is 5. The molecule has 1 saturated heterocycles. The second-order valence-corrected chi connectivity index (χ2v) is 7.90. The number of hydrogen-bond donors (Lipinski definition) is 1. The van der Waals surface area contributed by atoms with Crippen molar-refractivity contribution in [2.75, 3.05) is 13.7 Å². The Balaban J connectivity index is 1.65. The van der Waals surface area contributed by atoms with Crippen LogP contribution in [0.25, 0.3) is 0 Å². The summed E-state index contributed by atoms with van der Waals surface area (Å²) in [7, 11) is 1.52. The first-order valence-electron chi connectivity index (χ1n) is 9.61. The number of amides is 3. The van der Waals surface area contributed by atoms with Crippen molar-refractivity contribution >= 4 is 29.5 Å². The number of hydroxylamine groups is 2. The van der Waals surface area contributed by atoms with E-state index in [0.717, 1.165) is 5.06 Å². The van der Waals surface area contributed by atoms with Gasteiger partial charge in [-0.1, -0.05) is 35.9 Å². The number of likely N-dealkylation sites (tertiary alicyclic amines) is 1. The van der Waals surface area contributed by atoms with Crippen molar-refractivity contribution in [3.63, 3.8) is 0 Å². The van der Waals surface area contributed by atoms with Crippen LogP contribution in [0.15, 0.2) is 47.5 Å². The lowest BCUT2D eigenvalue weighted by Crippen LogP contribution is -2.50. The number of hydrogen-bond acceptors (Lipinski definition) is 5. The fourth-order valence-electron chi connectivity index (χ4n) is 4.20. The first kappa shape index (κ1) is 20.6. The highest BCUT2D eigenvalue weighted by Gasteiger charge is 2.47. The summed E-state index contributed by atoms with van der Waals surface area (Å²) in [4.78, 5) is 44.7. The second kappa shape index (κ2) is 8.22. The Morgan fingerprint density at radius 1 is 1.23 bits per heavy atom. The van der Waals surface area contributed by atoms with Crippen LogP contribution in [0.5, 0.6) is 0 Å². The van der Waals surface area contributed by atoms with Gasteiger partial charge in [-0.3, -0.25) is 19.3 Å². The molecule has 4 atom stereocenters. The van der Waals surface area contributed by atoms with E-state index in [4.69, 9.17) is 21.2 Å². The molecule has 8 nitrogen and oxygen atoms in total. The Bertz CT molecular complexity index is 910. The Morgan fingerprint density at radius 3 is 2.43 bits per heavy atom. The predicted octanol–water partition coefficient (Wildman–Crippen LogP) is 3.05. The van der Waals surface area contributed by atoms with E-state index in [-0.39, 0.29) is 29.7 Å². The summed E-state index contributed by atoms with van der Waals surface area (Å²) < 4.78 is 5.38. The standard InChI is InChI=1S/C21H21ClN2O6/c1-29-14-10-17(23(11-14)21(27)28)18(12-6-8-13(22)9-7-12)30-24-19(25)15-4-2-3-5-16(15)20(24)26/h2-6,8-9,12,14,17-18H,7,10-11H2,1H3,(H,27,28). The largest absolute Gasteiger partial charge is 0.465 e. The minimum atomic E-state index is -1.11. The number of nitrogens with zero attached hydrogens (tertiary/aromatic N) is 2. The van der Waals surface area contributed by atoms with Gasteiger partial charge in [0.05, 0.1) is 29.8 Å². The van der Waals surface area contributed by atoms with Crippen molar-refractivity contribution < 1.29 is 29.1 Å². The van der Waals surface area contributed by atoms with Gasteiger partial charge < -0.3 is 9.84 Å². The number of carbonyl (C=O) groups excluding carboxylic acids is 2. The molecule has 158 valence electrons. The lowest BCUT2D eigenvalue weighted by molar-refractivity contribution is -0.161. The third-order valence-corrected chi connectivity index (χ3v) is 6.04. The van der Waals surface area contributed by atoms with Crippen LogP contribution in [0, 0.1) is 5.92 Å². The molecule has 0 saturated carbocycles. The molecule has 3 amide bonds. The minimum Gasteiger partial charge on any atom is -0.465 e. The number of imide groups is 1. The van der Waals surface area contributed by atoms with Gasteiger partial charge in [-0.25, -0.2) is 4.79 Å². The Labute approximate surface area is 178 Å². The van der Waals surface area contributed by atoms with Gasteiger partial charge in [-0.15, -0.1) is 5.06 Å². The lowest BCUT2D eigenvalue weighted by atomic mass is 9.89. The van der Waals surface area contributed by atoms with Gasteiger partial charge in [-0.2, -0.15) is 0 Å². The molecule has 2 heterocycles. The summed E-state index contributed by atoms with van der Waals surface area (Å²) in [5.74, 6) is -1.39. The highest BCUT2D eigenvalue weighted by atomic mass is 35.5. The molecule has 0 bridgehead atoms. The molecule has 3 aliphatic rings. The van der Waals surface area contributed by atoms with Crippen LogP contribution in [0.3, 0.4) is 0 Å². The molecule has 0 radical (unpaired) electrons. The summed E-state index contributed by atoms with van der Waals surface area (Å²) in [6.07, 6.45) is 4.03. The highest BCUT2D eigenvalue weighted by molar-refractivity contribution is 6.31. The molecule has 1 aromatic rings. The Hall–Kier alpha value is -2.68. The SMILES string of the molecule is COC1CC(C(ON2C(=O)c3ccccc3C2=O)C2C=CC(Cl)=CC2)N(C(=O)O)C1. The van der Waals surface area contributed by atoms with Crippen molar-refractivity contribution in [1.82, 2.24) is 9.96 Å². The molecule has 1 N–H and O–H groups in total. The molecule has 1 aliphatic carbocycles. The van der Waals surface area contributed by atoms with Crippen molar-refractivity contribution in [2.24, 2.45) is 5.92 Å². The highest BCUT2D eigenvalue weighted by Crippen LogP contribution is 2.35. The van der Waals surface area contributed by atoms with Crippen molar-refractivity contribution in [3.8, 4) is 0 Å². The first-order chi connectivity index (χ1) is 14.4. The smallest absolute Gasteiger partial charge is 0.407 e. The summed E-state index contributed by atoms with van der Waals surface area (Å²) in [5.41, 5.74) is 0.527. The minimum absolute atomic E-state index is 0.186. The number of ether oxygens (including phenoxy) is 1. The van der Waals surface area contributed by atoms with E-state index in [0.29, 0.717) is 17.9 Å². The van der Waals surface area contributed by atoms with Gasteiger partial charge in [-0.05, 0) is 31.1 Å². The van der Waals surface area contributed by atoms with Crippen LogP contribution in [0.1, 0.15) is 33.6 Å². The van der Waals surface area contributed by atoms with E-state index in [1.165, 1.54) is 12.0 Å².